The van der Waals surface area contributed by atoms with Crippen LogP contribution < -0.4 is 10.5 Å². The number of carbonyl (C=O) groups excluding carboxylic acids is 1. The summed E-state index contributed by atoms with van der Waals surface area (Å²) in [7, 11) is 1.32. The van der Waals surface area contributed by atoms with E-state index in [1.165, 1.54) is 11.7 Å². The number of unbranched alkanes of at least 4 members (excludes halogenated alkanes) is 1. The number of imidazole rings is 1. The molecular weight excluding hydrogens is 362 g/mol. The van der Waals surface area contributed by atoms with Crippen LogP contribution in [0, 0.1) is 0 Å². The highest BCUT2D eigenvalue weighted by Gasteiger charge is 2.26. The van der Waals surface area contributed by atoms with E-state index in [9.17, 15) is 9.90 Å². The summed E-state index contributed by atoms with van der Waals surface area (Å²) in [6, 6.07) is 8.45. The Bertz CT molecular complexity index is 958. The molecular formula is C19H23N5O4. The number of ether oxygens (including phenoxy) is 2. The summed E-state index contributed by atoms with van der Waals surface area (Å²) in [6.07, 6.45) is 1.79. The fraction of sp³-hybridized carbons (Fsp3) is 0.368. The van der Waals surface area contributed by atoms with E-state index in [-0.39, 0.29) is 35.4 Å². The van der Waals surface area contributed by atoms with Gasteiger partial charge in [-0.05, 0) is 12.0 Å². The molecule has 0 aliphatic rings. The zero-order valence-electron chi connectivity index (χ0n) is 15.8. The van der Waals surface area contributed by atoms with Gasteiger partial charge in [-0.25, -0.2) is 0 Å². The predicted octanol–water partition coefficient (Wildman–Crippen LogP) is 2.45. The lowest BCUT2D eigenvalue weighted by molar-refractivity contribution is -0.141. The van der Waals surface area contributed by atoms with Crippen molar-refractivity contribution in [1.82, 2.24) is 19.5 Å². The van der Waals surface area contributed by atoms with Crippen LogP contribution in [0.4, 0.5) is 5.82 Å². The van der Waals surface area contributed by atoms with Crippen LogP contribution in [0.5, 0.6) is 12.0 Å². The van der Waals surface area contributed by atoms with Crippen molar-refractivity contribution in [1.29, 1.82) is 0 Å². The van der Waals surface area contributed by atoms with Crippen molar-refractivity contribution in [2.75, 3.05) is 19.5 Å². The first-order valence-electron chi connectivity index (χ1n) is 9.04. The molecule has 1 aromatic carbocycles. The topological polar surface area (TPSA) is 125 Å². The maximum atomic E-state index is 12.0. The lowest BCUT2D eigenvalue weighted by atomic mass is 10.0. The molecule has 0 aliphatic carbocycles. The molecule has 0 spiro atoms. The maximum Gasteiger partial charge on any atom is 0.320 e. The van der Waals surface area contributed by atoms with Crippen molar-refractivity contribution in [3.8, 4) is 12.0 Å². The van der Waals surface area contributed by atoms with Gasteiger partial charge in [-0.15, -0.1) is 0 Å². The maximum absolute atomic E-state index is 12.0. The Balaban J connectivity index is 2.12. The molecule has 0 amide bonds. The van der Waals surface area contributed by atoms with E-state index in [4.69, 9.17) is 15.2 Å². The molecule has 0 saturated carbocycles. The van der Waals surface area contributed by atoms with Gasteiger partial charge < -0.3 is 20.3 Å². The highest BCUT2D eigenvalue weighted by atomic mass is 16.5. The van der Waals surface area contributed by atoms with Gasteiger partial charge >= 0.3 is 12.0 Å². The quantitative estimate of drug-likeness (QED) is 0.447. The smallest absolute Gasteiger partial charge is 0.320 e. The summed E-state index contributed by atoms with van der Waals surface area (Å²) >= 11 is 0. The molecule has 3 aromatic rings. The number of nitrogens with two attached hydrogens (primary N) is 1. The van der Waals surface area contributed by atoms with Gasteiger partial charge in [0.25, 0.3) is 6.01 Å². The van der Waals surface area contributed by atoms with Crippen LogP contribution in [0.3, 0.4) is 0 Å². The van der Waals surface area contributed by atoms with Gasteiger partial charge in [0.05, 0.1) is 26.2 Å². The number of nitrogen functional groups attached to an aromatic ring is 1. The molecule has 0 fully saturated rings. The van der Waals surface area contributed by atoms with E-state index < -0.39 is 12.0 Å². The van der Waals surface area contributed by atoms with E-state index in [1.54, 1.807) is 0 Å². The molecule has 0 saturated heterocycles. The zero-order valence-corrected chi connectivity index (χ0v) is 15.8. The normalized spacial score (nSPS) is 12.1. The van der Waals surface area contributed by atoms with Crippen LogP contribution in [0.25, 0.3) is 11.2 Å². The largest absolute Gasteiger partial charge is 0.480 e. The monoisotopic (exact) mass is 385 g/mol. The van der Waals surface area contributed by atoms with Crippen LogP contribution in [0.1, 0.15) is 37.8 Å². The molecule has 2 heterocycles. The van der Waals surface area contributed by atoms with Crippen LogP contribution in [0.2, 0.25) is 0 Å². The Kier molecular flexibility index (Phi) is 5.93. The van der Waals surface area contributed by atoms with Gasteiger partial charge in [0.15, 0.2) is 17.0 Å². The Morgan fingerprint density at radius 2 is 2.00 bits per heavy atom. The fourth-order valence-electron chi connectivity index (χ4n) is 2.90. The summed E-state index contributed by atoms with van der Waals surface area (Å²) in [5, 5.41) is 10.5. The lowest BCUT2D eigenvalue weighted by Crippen LogP contribution is -2.17. The number of hydrogen-bond acceptors (Lipinski definition) is 8. The number of aromatic nitrogens is 4. The van der Waals surface area contributed by atoms with Crippen molar-refractivity contribution < 1.29 is 19.4 Å². The number of nitrogens with zero attached hydrogens (tertiary/aromatic N) is 4. The van der Waals surface area contributed by atoms with E-state index in [0.717, 1.165) is 18.4 Å². The van der Waals surface area contributed by atoms with Crippen LogP contribution in [0.15, 0.2) is 30.3 Å². The van der Waals surface area contributed by atoms with Gasteiger partial charge in [0, 0.05) is 0 Å². The number of methoxy groups -OCH3 is 1. The number of benzene rings is 1. The highest BCUT2D eigenvalue weighted by Crippen LogP contribution is 2.33. The van der Waals surface area contributed by atoms with E-state index in [1.807, 2.05) is 37.3 Å². The molecule has 0 radical (unpaired) electrons. The standard InChI is InChI=1S/C19H23N5O4/c1-3-4-10-28-18-22-16(20)15-17(23-18)24(19(26)21-15)13(11-14(25)27-2)12-8-6-5-7-9-12/h5-9,13H,3-4,10-11H2,1-2H3,(H,21,26)(H2,20,22,23). The van der Waals surface area contributed by atoms with Gasteiger partial charge in [0.1, 0.15) is 0 Å². The number of aromatic hydroxyl groups is 1. The Labute approximate surface area is 162 Å². The molecule has 9 nitrogen and oxygen atoms in total. The predicted molar refractivity (Wildman–Crippen MR) is 103 cm³/mol. The Morgan fingerprint density at radius 1 is 1.25 bits per heavy atom. The number of anilines is 1. The van der Waals surface area contributed by atoms with Gasteiger partial charge in [0.2, 0.25) is 0 Å². The minimum atomic E-state index is -0.587. The number of carbonyl (C=O) groups is 1. The SMILES string of the molecule is CCCCOc1nc(N)c2nc(O)n(C(CC(=O)OC)c3ccccc3)c2n1. The number of esters is 1. The summed E-state index contributed by atoms with van der Waals surface area (Å²) in [4.78, 5) is 24.6. The first kappa shape index (κ1) is 19.4. The van der Waals surface area contributed by atoms with E-state index >= 15 is 0 Å². The van der Waals surface area contributed by atoms with E-state index in [0.29, 0.717) is 6.61 Å². The van der Waals surface area contributed by atoms with Gasteiger partial charge in [-0.3, -0.25) is 9.36 Å². The third-order valence-corrected chi connectivity index (χ3v) is 4.34. The van der Waals surface area contributed by atoms with Crippen molar-refractivity contribution >= 4 is 23.0 Å². The fourth-order valence-corrected chi connectivity index (χ4v) is 2.90. The number of fused-ring (bicyclic) bond motifs is 1. The number of hydrogen-bond donors (Lipinski definition) is 2. The van der Waals surface area contributed by atoms with Crippen LogP contribution >= 0.6 is 0 Å². The third-order valence-electron chi connectivity index (χ3n) is 4.34. The molecule has 1 atom stereocenters. The average molecular weight is 385 g/mol. The second kappa shape index (κ2) is 8.55. The van der Waals surface area contributed by atoms with Gasteiger partial charge in [-0.1, -0.05) is 43.7 Å². The number of rotatable bonds is 8. The van der Waals surface area contributed by atoms with Crippen LogP contribution in [-0.2, 0) is 9.53 Å². The minimum Gasteiger partial charge on any atom is -0.480 e. The molecule has 2 aromatic heterocycles. The third kappa shape index (κ3) is 3.98. The Hall–Kier alpha value is -3.36. The molecule has 3 rings (SSSR count). The molecule has 0 aliphatic heterocycles. The summed E-state index contributed by atoms with van der Waals surface area (Å²) in [5.41, 5.74) is 7.31. The summed E-state index contributed by atoms with van der Waals surface area (Å²) in [6.45, 7) is 2.50. The molecule has 3 N–H and O–H groups in total. The van der Waals surface area contributed by atoms with Crippen molar-refractivity contribution in [2.24, 2.45) is 0 Å². The first-order valence-corrected chi connectivity index (χ1v) is 9.04. The van der Waals surface area contributed by atoms with Crippen LogP contribution in [-0.4, -0.2) is 44.3 Å². The molecule has 148 valence electrons. The van der Waals surface area contributed by atoms with E-state index in [2.05, 4.69) is 15.0 Å². The molecule has 28 heavy (non-hydrogen) atoms. The average Bonchev–Trinajstić information content (AvgIpc) is 3.03. The van der Waals surface area contributed by atoms with Crippen molar-refractivity contribution in [3.63, 3.8) is 0 Å². The first-order chi connectivity index (χ1) is 13.5. The summed E-state index contributed by atoms with van der Waals surface area (Å²) < 4.78 is 11.9. The second-order valence-electron chi connectivity index (χ2n) is 6.25. The molecule has 0 bridgehead atoms. The molecule has 1 unspecified atom stereocenters. The highest BCUT2D eigenvalue weighted by molar-refractivity contribution is 5.83. The summed E-state index contributed by atoms with van der Waals surface area (Å²) in [5.74, 6) is -0.341. The zero-order chi connectivity index (χ0) is 20.1. The van der Waals surface area contributed by atoms with Crippen molar-refractivity contribution in [2.45, 2.75) is 32.2 Å². The van der Waals surface area contributed by atoms with Gasteiger partial charge in [-0.2, -0.15) is 15.0 Å². The lowest BCUT2D eigenvalue weighted by Gasteiger charge is -2.19. The minimum absolute atomic E-state index is 0.0184. The second-order valence-corrected chi connectivity index (χ2v) is 6.25. The molecule has 9 heteroatoms. The van der Waals surface area contributed by atoms with Crippen molar-refractivity contribution in [3.05, 3.63) is 35.9 Å². The Morgan fingerprint density at radius 3 is 2.68 bits per heavy atom.